The lowest BCUT2D eigenvalue weighted by Gasteiger charge is -2.47. The monoisotopic (exact) mass is 551 g/mol. The van der Waals surface area contributed by atoms with Crippen LogP contribution in [0.15, 0.2) is 66.7 Å². The molecule has 0 radical (unpaired) electrons. The molecule has 2 bridgehead atoms. The SMILES string of the molecule is COc1cc(C(=O)C2CC3COCC(C2)N3C(=O)OCC2c3ccccc3-c3ccccc32)ccc1C(F)(F)F. The van der Waals surface area contributed by atoms with E-state index in [2.05, 4.69) is 24.3 Å². The number of Topliss-reactive ketones (excluding diaryl/α,β-unsaturated/α-hetero) is 1. The number of morpholine rings is 1. The normalized spacial score (nSPS) is 21.9. The second kappa shape index (κ2) is 10.3. The number of ketones is 1. The van der Waals surface area contributed by atoms with Crippen LogP contribution in [0, 0.1) is 5.92 Å². The largest absolute Gasteiger partial charge is 0.496 e. The molecule has 40 heavy (non-hydrogen) atoms. The number of alkyl halides is 3. The number of ether oxygens (including phenoxy) is 3. The summed E-state index contributed by atoms with van der Waals surface area (Å²) in [5.41, 5.74) is 3.75. The Morgan fingerprint density at radius 3 is 2.10 bits per heavy atom. The van der Waals surface area contributed by atoms with Gasteiger partial charge in [-0.05, 0) is 47.2 Å². The first-order valence-corrected chi connectivity index (χ1v) is 13.3. The molecule has 2 heterocycles. The van der Waals surface area contributed by atoms with E-state index < -0.39 is 29.5 Å². The molecule has 1 amide bonds. The summed E-state index contributed by atoms with van der Waals surface area (Å²) in [6, 6.07) is 18.7. The first-order valence-electron chi connectivity index (χ1n) is 13.3. The molecule has 2 aliphatic heterocycles. The summed E-state index contributed by atoms with van der Waals surface area (Å²) in [4.78, 5) is 28.4. The molecule has 3 aliphatic rings. The maximum absolute atomic E-state index is 13.4. The number of fused-ring (bicyclic) bond motifs is 5. The molecule has 2 fully saturated rings. The van der Waals surface area contributed by atoms with Gasteiger partial charge in [-0.25, -0.2) is 4.79 Å². The highest BCUT2D eigenvalue weighted by atomic mass is 19.4. The third-order valence-corrected chi connectivity index (χ3v) is 8.23. The molecule has 1 aliphatic carbocycles. The van der Waals surface area contributed by atoms with E-state index in [0.29, 0.717) is 12.8 Å². The summed E-state index contributed by atoms with van der Waals surface area (Å²) in [6.45, 7) is 0.721. The highest BCUT2D eigenvalue weighted by Gasteiger charge is 2.45. The van der Waals surface area contributed by atoms with Crippen LogP contribution in [0.4, 0.5) is 18.0 Å². The highest BCUT2D eigenvalue weighted by molar-refractivity contribution is 5.98. The van der Waals surface area contributed by atoms with E-state index in [1.54, 1.807) is 4.90 Å². The van der Waals surface area contributed by atoms with E-state index in [1.807, 2.05) is 24.3 Å². The Balaban J connectivity index is 1.16. The Labute approximate surface area is 229 Å². The Bertz CT molecular complexity index is 1400. The number of rotatable bonds is 5. The summed E-state index contributed by atoms with van der Waals surface area (Å²) in [7, 11) is 1.15. The molecule has 2 unspecified atom stereocenters. The lowest BCUT2D eigenvalue weighted by Crippen LogP contribution is -2.60. The molecule has 0 N–H and O–H groups in total. The fraction of sp³-hybridized carbons (Fsp3) is 0.355. The minimum atomic E-state index is -4.59. The van der Waals surface area contributed by atoms with Crippen molar-refractivity contribution >= 4 is 11.9 Å². The van der Waals surface area contributed by atoms with Crippen LogP contribution in [0.1, 0.15) is 45.8 Å². The average Bonchev–Trinajstić information content (AvgIpc) is 3.27. The minimum absolute atomic E-state index is 0.0683. The molecule has 0 spiro atoms. The van der Waals surface area contributed by atoms with Gasteiger partial charge in [-0.1, -0.05) is 54.6 Å². The molecule has 2 atom stereocenters. The van der Waals surface area contributed by atoms with Crippen molar-refractivity contribution in [3.05, 3.63) is 89.0 Å². The van der Waals surface area contributed by atoms with Crippen molar-refractivity contribution in [3.63, 3.8) is 0 Å². The van der Waals surface area contributed by atoms with Crippen molar-refractivity contribution in [3.8, 4) is 16.9 Å². The number of benzene rings is 3. The number of hydrogen-bond donors (Lipinski definition) is 0. The molecule has 3 aromatic carbocycles. The van der Waals surface area contributed by atoms with E-state index in [0.717, 1.165) is 41.5 Å². The molecule has 2 saturated heterocycles. The number of methoxy groups -OCH3 is 1. The van der Waals surface area contributed by atoms with Crippen molar-refractivity contribution in [2.75, 3.05) is 26.9 Å². The molecular formula is C31H28F3NO5. The van der Waals surface area contributed by atoms with Gasteiger partial charge in [0.15, 0.2) is 5.78 Å². The van der Waals surface area contributed by atoms with Crippen LogP contribution in [0.3, 0.4) is 0 Å². The fourth-order valence-corrected chi connectivity index (χ4v) is 6.41. The van der Waals surface area contributed by atoms with Gasteiger partial charge in [-0.15, -0.1) is 0 Å². The van der Waals surface area contributed by atoms with E-state index >= 15 is 0 Å². The zero-order valence-corrected chi connectivity index (χ0v) is 21.8. The summed E-state index contributed by atoms with van der Waals surface area (Å²) >= 11 is 0. The number of halogens is 3. The van der Waals surface area contributed by atoms with Gasteiger partial charge in [0.2, 0.25) is 0 Å². The summed E-state index contributed by atoms with van der Waals surface area (Å²) in [6.07, 6.45) is -4.36. The van der Waals surface area contributed by atoms with Crippen LogP contribution in [-0.2, 0) is 15.7 Å². The third-order valence-electron chi connectivity index (χ3n) is 8.23. The zero-order chi connectivity index (χ0) is 28.0. The van der Waals surface area contributed by atoms with Crippen LogP contribution < -0.4 is 4.74 Å². The molecule has 3 aromatic rings. The van der Waals surface area contributed by atoms with Crippen molar-refractivity contribution in [2.24, 2.45) is 5.92 Å². The topological polar surface area (TPSA) is 65.1 Å². The molecule has 0 saturated carbocycles. The molecule has 208 valence electrons. The van der Waals surface area contributed by atoms with Crippen LogP contribution >= 0.6 is 0 Å². The summed E-state index contributed by atoms with van der Waals surface area (Å²) in [5, 5.41) is 0. The minimum Gasteiger partial charge on any atom is -0.496 e. The summed E-state index contributed by atoms with van der Waals surface area (Å²) < 4.78 is 56.4. The molecule has 0 aromatic heterocycles. The zero-order valence-electron chi connectivity index (χ0n) is 21.8. The lowest BCUT2D eigenvalue weighted by atomic mass is 9.80. The summed E-state index contributed by atoms with van der Waals surface area (Å²) in [5.74, 6) is -1.19. The van der Waals surface area contributed by atoms with Gasteiger partial charge >= 0.3 is 12.3 Å². The highest BCUT2D eigenvalue weighted by Crippen LogP contribution is 2.45. The van der Waals surface area contributed by atoms with Crippen LogP contribution in [0.2, 0.25) is 0 Å². The Morgan fingerprint density at radius 2 is 1.52 bits per heavy atom. The van der Waals surface area contributed by atoms with Crippen LogP contribution in [-0.4, -0.2) is 55.8 Å². The quantitative estimate of drug-likeness (QED) is 0.347. The molecule has 6 rings (SSSR count). The number of amides is 1. The van der Waals surface area contributed by atoms with Gasteiger partial charge < -0.3 is 14.2 Å². The Hall–Kier alpha value is -3.85. The van der Waals surface area contributed by atoms with Gasteiger partial charge in [0.1, 0.15) is 12.4 Å². The molecule has 6 nitrogen and oxygen atoms in total. The van der Waals surface area contributed by atoms with E-state index in [9.17, 15) is 22.8 Å². The number of hydrogen-bond acceptors (Lipinski definition) is 5. The van der Waals surface area contributed by atoms with Gasteiger partial charge in [0.25, 0.3) is 0 Å². The first kappa shape index (κ1) is 26.4. The fourth-order valence-electron chi connectivity index (χ4n) is 6.41. The molecule has 9 heteroatoms. The first-order chi connectivity index (χ1) is 19.3. The number of piperidine rings is 1. The van der Waals surface area contributed by atoms with Gasteiger partial charge in [-0.2, -0.15) is 13.2 Å². The number of carbonyl (C=O) groups excluding carboxylic acids is 2. The maximum Gasteiger partial charge on any atom is 0.419 e. The van der Waals surface area contributed by atoms with E-state index in [-0.39, 0.29) is 49.2 Å². The van der Waals surface area contributed by atoms with Gasteiger partial charge in [0, 0.05) is 17.4 Å². The van der Waals surface area contributed by atoms with Crippen LogP contribution in [0.25, 0.3) is 11.1 Å². The van der Waals surface area contributed by atoms with Crippen molar-refractivity contribution in [2.45, 2.75) is 37.0 Å². The lowest BCUT2D eigenvalue weighted by molar-refractivity contribution is -0.138. The second-order valence-corrected chi connectivity index (χ2v) is 10.5. The van der Waals surface area contributed by atoms with E-state index in [1.165, 1.54) is 6.07 Å². The predicted octanol–water partition coefficient (Wildman–Crippen LogP) is 6.33. The van der Waals surface area contributed by atoms with Crippen molar-refractivity contribution in [1.29, 1.82) is 0 Å². The van der Waals surface area contributed by atoms with Crippen LogP contribution in [0.5, 0.6) is 5.75 Å². The molecular weight excluding hydrogens is 523 g/mol. The number of carbonyl (C=O) groups is 2. The average molecular weight is 552 g/mol. The van der Waals surface area contributed by atoms with Gasteiger partial charge in [0.05, 0.1) is 38.0 Å². The predicted molar refractivity (Wildman–Crippen MR) is 140 cm³/mol. The second-order valence-electron chi connectivity index (χ2n) is 10.5. The standard InChI is InChI=1S/C31H28F3NO5/c1-38-28-14-18(10-11-27(28)31(32,33)34)29(36)19-12-20-15-39-16-21(13-19)35(20)30(37)40-17-26-24-8-4-2-6-22(24)23-7-3-5-9-25(23)26/h2-11,14,19-21,26H,12-13,15-17H2,1H3. The maximum atomic E-state index is 13.4. The smallest absolute Gasteiger partial charge is 0.419 e. The van der Waals surface area contributed by atoms with Gasteiger partial charge in [-0.3, -0.25) is 9.69 Å². The Kier molecular flexibility index (Phi) is 6.78. The number of nitrogens with zero attached hydrogens (tertiary/aromatic N) is 1. The van der Waals surface area contributed by atoms with Crippen molar-refractivity contribution in [1.82, 2.24) is 4.90 Å². The Morgan fingerprint density at radius 1 is 0.925 bits per heavy atom. The van der Waals surface area contributed by atoms with E-state index in [4.69, 9.17) is 14.2 Å². The third kappa shape index (κ3) is 4.62. The van der Waals surface area contributed by atoms with Crippen molar-refractivity contribution < 1.29 is 37.0 Å².